The maximum absolute atomic E-state index is 13.5. The van der Waals surface area contributed by atoms with Gasteiger partial charge in [0.25, 0.3) is 9.84 Å². The molecule has 0 radical (unpaired) electrons. The summed E-state index contributed by atoms with van der Waals surface area (Å²) in [4.78, 5) is 2.88. The van der Waals surface area contributed by atoms with E-state index in [-0.39, 0.29) is 17.8 Å². The number of alkyl halides is 3. The van der Waals surface area contributed by atoms with Gasteiger partial charge in [0.05, 0.1) is 18.4 Å². The molecule has 2 aliphatic rings. The first-order valence-corrected chi connectivity index (χ1v) is 10.3. The maximum atomic E-state index is 13.5. The molecule has 1 aromatic rings. The lowest BCUT2D eigenvalue weighted by Gasteiger charge is -2.42. The van der Waals surface area contributed by atoms with Gasteiger partial charge >= 0.3 is 5.51 Å². The lowest BCUT2D eigenvalue weighted by Crippen LogP contribution is -2.51. The highest BCUT2D eigenvalue weighted by Crippen LogP contribution is 2.37. The Labute approximate surface area is 155 Å². The van der Waals surface area contributed by atoms with Crippen molar-refractivity contribution >= 4 is 15.5 Å². The number of hydrogen-bond acceptors (Lipinski definition) is 5. The van der Waals surface area contributed by atoms with Crippen LogP contribution in [-0.4, -0.2) is 63.8 Å². The summed E-state index contributed by atoms with van der Waals surface area (Å²) in [7, 11) is -5.63. The molecular formula is C17H22F4N2O3S. The number of ether oxygens (including phenoxy) is 1. The number of hydrogen-bond donors (Lipinski definition) is 0. The second-order valence-electron chi connectivity index (χ2n) is 6.96. The topological polar surface area (TPSA) is 49.9 Å². The number of nitrogens with zero attached hydrogens (tertiary/aromatic N) is 2. The molecule has 2 fully saturated rings. The fourth-order valence-electron chi connectivity index (χ4n) is 3.74. The van der Waals surface area contributed by atoms with Gasteiger partial charge in [0, 0.05) is 32.2 Å². The highest BCUT2D eigenvalue weighted by atomic mass is 32.2. The van der Waals surface area contributed by atoms with Gasteiger partial charge in [0.1, 0.15) is 10.7 Å². The third-order valence-corrected chi connectivity index (χ3v) is 6.63. The summed E-state index contributed by atoms with van der Waals surface area (Å²) in [6.07, 6.45) is 1.52. The molecular weight excluding hydrogens is 388 g/mol. The van der Waals surface area contributed by atoms with Crippen LogP contribution in [0.25, 0.3) is 0 Å². The number of anilines is 1. The summed E-state index contributed by atoms with van der Waals surface area (Å²) in [6.45, 7) is 5.06. The van der Waals surface area contributed by atoms with Crippen LogP contribution in [0.5, 0.6) is 0 Å². The zero-order chi connectivity index (χ0) is 19.8. The number of benzene rings is 1. The standard InChI is InChI=1S/C17H22F4N2O3S/c1-12-11-23(8-9-26-12)14-4-6-22(7-5-14)15-3-2-13(18)10-16(15)27(24,25)17(19,20)21/h2-3,10,12,14H,4-9,11H2,1H3. The van der Waals surface area contributed by atoms with Crippen LogP contribution in [0.3, 0.4) is 0 Å². The molecule has 1 aromatic carbocycles. The van der Waals surface area contributed by atoms with Crippen molar-refractivity contribution in [2.75, 3.05) is 37.7 Å². The van der Waals surface area contributed by atoms with Crippen molar-refractivity contribution in [1.82, 2.24) is 4.90 Å². The Morgan fingerprint density at radius 3 is 2.41 bits per heavy atom. The number of halogens is 4. The molecule has 2 aliphatic heterocycles. The van der Waals surface area contributed by atoms with E-state index < -0.39 is 26.1 Å². The molecule has 1 unspecified atom stereocenters. The van der Waals surface area contributed by atoms with Crippen LogP contribution in [0.2, 0.25) is 0 Å². The van der Waals surface area contributed by atoms with Crippen molar-refractivity contribution in [2.24, 2.45) is 0 Å². The summed E-state index contributed by atoms with van der Waals surface area (Å²) in [5, 5.41) is 0. The molecule has 0 bridgehead atoms. The third kappa shape index (κ3) is 4.22. The first-order chi connectivity index (χ1) is 12.6. The number of sulfone groups is 1. The minimum atomic E-state index is -5.63. The second kappa shape index (κ2) is 7.56. The molecule has 2 saturated heterocycles. The average molecular weight is 410 g/mol. The van der Waals surface area contributed by atoms with Crippen molar-refractivity contribution in [3.8, 4) is 0 Å². The number of morpholine rings is 1. The normalized spacial score (nSPS) is 23.6. The SMILES string of the molecule is CC1CN(C2CCN(c3ccc(F)cc3S(=O)(=O)C(F)(F)F)CC2)CCO1. The quantitative estimate of drug-likeness (QED) is 0.718. The Hall–Kier alpha value is -1.39. The van der Waals surface area contributed by atoms with Gasteiger partial charge in [-0.3, -0.25) is 4.90 Å². The van der Waals surface area contributed by atoms with Crippen LogP contribution in [0, 0.1) is 5.82 Å². The van der Waals surface area contributed by atoms with Gasteiger partial charge in [-0.15, -0.1) is 0 Å². The highest BCUT2D eigenvalue weighted by Gasteiger charge is 2.48. The van der Waals surface area contributed by atoms with Gasteiger partial charge < -0.3 is 9.64 Å². The van der Waals surface area contributed by atoms with Gasteiger partial charge in [-0.2, -0.15) is 13.2 Å². The highest BCUT2D eigenvalue weighted by molar-refractivity contribution is 7.92. The van der Waals surface area contributed by atoms with Gasteiger partial charge in [0.15, 0.2) is 0 Å². The minimum Gasteiger partial charge on any atom is -0.376 e. The van der Waals surface area contributed by atoms with Crippen molar-refractivity contribution < 1.29 is 30.7 Å². The lowest BCUT2D eigenvalue weighted by molar-refractivity contribution is -0.0435. The first-order valence-electron chi connectivity index (χ1n) is 8.81. The fourth-order valence-corrected chi connectivity index (χ4v) is 4.73. The predicted octanol–water partition coefficient (Wildman–Crippen LogP) is 2.81. The Morgan fingerprint density at radius 1 is 1.15 bits per heavy atom. The van der Waals surface area contributed by atoms with Gasteiger partial charge in [-0.25, -0.2) is 12.8 Å². The summed E-state index contributed by atoms with van der Waals surface area (Å²) in [6, 6.07) is 2.83. The third-order valence-electron chi connectivity index (χ3n) is 5.11. The molecule has 0 spiro atoms. The van der Waals surface area contributed by atoms with E-state index >= 15 is 0 Å². The molecule has 0 N–H and O–H groups in total. The Bertz CT molecular complexity index is 777. The van der Waals surface area contributed by atoms with Gasteiger partial charge in [0.2, 0.25) is 0 Å². The summed E-state index contributed by atoms with van der Waals surface area (Å²) >= 11 is 0. The van der Waals surface area contributed by atoms with E-state index in [1.54, 1.807) is 4.90 Å². The van der Waals surface area contributed by atoms with Crippen LogP contribution in [0.15, 0.2) is 23.1 Å². The van der Waals surface area contributed by atoms with E-state index in [0.717, 1.165) is 25.2 Å². The van der Waals surface area contributed by atoms with E-state index in [4.69, 9.17) is 4.74 Å². The van der Waals surface area contributed by atoms with Gasteiger partial charge in [-0.05, 0) is 38.0 Å². The molecule has 0 aromatic heterocycles. The van der Waals surface area contributed by atoms with E-state index in [9.17, 15) is 26.0 Å². The molecule has 0 aliphatic carbocycles. The van der Waals surface area contributed by atoms with Crippen LogP contribution < -0.4 is 4.90 Å². The number of piperidine rings is 1. The van der Waals surface area contributed by atoms with E-state index in [0.29, 0.717) is 38.6 Å². The Morgan fingerprint density at radius 2 is 1.81 bits per heavy atom. The molecule has 0 saturated carbocycles. The minimum absolute atomic E-state index is 0.0949. The summed E-state index contributed by atoms with van der Waals surface area (Å²) in [5.74, 6) is -1.02. The molecule has 27 heavy (non-hydrogen) atoms. The zero-order valence-corrected chi connectivity index (χ0v) is 15.7. The van der Waals surface area contributed by atoms with E-state index in [1.807, 2.05) is 6.92 Å². The molecule has 2 heterocycles. The summed E-state index contributed by atoms with van der Waals surface area (Å²) in [5.41, 5.74) is -5.57. The van der Waals surface area contributed by atoms with Crippen LogP contribution >= 0.6 is 0 Å². The fraction of sp³-hybridized carbons (Fsp3) is 0.647. The molecule has 5 nitrogen and oxygen atoms in total. The van der Waals surface area contributed by atoms with E-state index in [2.05, 4.69) is 4.90 Å². The van der Waals surface area contributed by atoms with Crippen LogP contribution in [0.1, 0.15) is 19.8 Å². The lowest BCUT2D eigenvalue weighted by atomic mass is 10.0. The van der Waals surface area contributed by atoms with Crippen molar-refractivity contribution in [3.63, 3.8) is 0 Å². The second-order valence-corrected chi connectivity index (χ2v) is 8.87. The molecule has 152 valence electrons. The van der Waals surface area contributed by atoms with Crippen molar-refractivity contribution in [1.29, 1.82) is 0 Å². The smallest absolute Gasteiger partial charge is 0.376 e. The van der Waals surface area contributed by atoms with Crippen LogP contribution in [0.4, 0.5) is 23.2 Å². The van der Waals surface area contributed by atoms with Crippen molar-refractivity contribution in [2.45, 2.75) is 42.3 Å². The zero-order valence-electron chi connectivity index (χ0n) is 14.9. The van der Waals surface area contributed by atoms with E-state index in [1.165, 1.54) is 0 Å². The van der Waals surface area contributed by atoms with Crippen LogP contribution in [-0.2, 0) is 14.6 Å². The monoisotopic (exact) mass is 410 g/mol. The first kappa shape index (κ1) is 20.3. The average Bonchev–Trinajstić information content (AvgIpc) is 2.61. The largest absolute Gasteiger partial charge is 0.501 e. The number of rotatable bonds is 3. The Balaban J connectivity index is 1.79. The van der Waals surface area contributed by atoms with Crippen molar-refractivity contribution in [3.05, 3.63) is 24.0 Å². The molecule has 3 rings (SSSR count). The Kier molecular flexibility index (Phi) is 5.69. The molecule has 10 heteroatoms. The predicted molar refractivity (Wildman–Crippen MR) is 91.9 cm³/mol. The van der Waals surface area contributed by atoms with Gasteiger partial charge in [-0.1, -0.05) is 0 Å². The summed E-state index contributed by atoms with van der Waals surface area (Å²) < 4.78 is 81.8. The molecule has 0 amide bonds. The molecule has 1 atom stereocenters. The maximum Gasteiger partial charge on any atom is 0.501 e.